The molecule has 1 aromatic rings. The third-order valence-corrected chi connectivity index (χ3v) is 3.32. The Morgan fingerprint density at radius 2 is 1.53 bits per heavy atom. The van der Waals surface area contributed by atoms with Crippen LogP contribution in [0.2, 0.25) is 10.0 Å². The summed E-state index contributed by atoms with van der Waals surface area (Å²) in [4.78, 5) is -0.784. The largest absolute Gasteiger partial charge is 0.379 e. The fraction of sp³-hybridized carbons (Fsp3) is 0.143. The van der Waals surface area contributed by atoms with Crippen LogP contribution in [0.3, 0.4) is 0 Å². The van der Waals surface area contributed by atoms with E-state index in [1.807, 2.05) is 0 Å². The minimum Gasteiger partial charge on any atom is -0.379 e. The molecule has 0 bridgehead atoms. The summed E-state index contributed by atoms with van der Waals surface area (Å²) < 4.78 is 60.0. The number of hydrogen-bond acceptors (Lipinski definition) is 5. The lowest BCUT2D eigenvalue weighted by Gasteiger charge is -2.08. The molecule has 17 heavy (non-hydrogen) atoms. The topological polar surface area (TPSA) is 77.5 Å². The molecule has 96 valence electrons. The molecule has 0 aliphatic heterocycles. The Morgan fingerprint density at radius 3 is 1.82 bits per heavy atom. The van der Waals surface area contributed by atoms with Crippen LogP contribution < -0.4 is 4.18 Å². The van der Waals surface area contributed by atoms with Crippen molar-refractivity contribution in [3.63, 3.8) is 0 Å². The highest BCUT2D eigenvalue weighted by atomic mass is 35.5. The standard InChI is InChI=1S/C7H5Cl2FO5S2/c1-16(11,12)15-7-5(8)2-4(3-6(7)9)17(10,13)14/h2-3H,1H3. The number of rotatable bonds is 3. The zero-order valence-electron chi connectivity index (χ0n) is 8.15. The maximum atomic E-state index is 12.6. The zero-order valence-corrected chi connectivity index (χ0v) is 11.3. The Balaban J connectivity index is 3.40. The molecule has 0 amide bonds. The third kappa shape index (κ3) is 3.98. The maximum Gasteiger partial charge on any atom is 0.332 e. The van der Waals surface area contributed by atoms with Crippen LogP contribution in [0.25, 0.3) is 0 Å². The van der Waals surface area contributed by atoms with Crippen molar-refractivity contribution in [3.05, 3.63) is 22.2 Å². The molecule has 0 atom stereocenters. The predicted octanol–water partition coefficient (Wildman–Crippen LogP) is 1.99. The van der Waals surface area contributed by atoms with Crippen molar-refractivity contribution in [2.45, 2.75) is 4.90 Å². The van der Waals surface area contributed by atoms with E-state index in [9.17, 15) is 20.7 Å². The van der Waals surface area contributed by atoms with Gasteiger partial charge in [-0.15, -0.1) is 3.89 Å². The first kappa shape index (κ1) is 14.5. The van der Waals surface area contributed by atoms with Gasteiger partial charge < -0.3 is 4.18 Å². The lowest BCUT2D eigenvalue weighted by Crippen LogP contribution is -2.07. The smallest absolute Gasteiger partial charge is 0.332 e. The van der Waals surface area contributed by atoms with Gasteiger partial charge in [0.05, 0.1) is 16.3 Å². The molecule has 0 spiro atoms. The van der Waals surface area contributed by atoms with Crippen molar-refractivity contribution >= 4 is 43.5 Å². The van der Waals surface area contributed by atoms with E-state index in [-0.39, 0.29) is 0 Å². The van der Waals surface area contributed by atoms with Gasteiger partial charge in [0, 0.05) is 0 Å². The van der Waals surface area contributed by atoms with Crippen LogP contribution >= 0.6 is 23.2 Å². The van der Waals surface area contributed by atoms with E-state index in [0.29, 0.717) is 12.1 Å². The first-order valence-corrected chi connectivity index (χ1v) is 7.79. The molecule has 0 saturated carbocycles. The van der Waals surface area contributed by atoms with Gasteiger partial charge in [-0.2, -0.15) is 16.8 Å². The first-order chi connectivity index (χ1) is 7.50. The van der Waals surface area contributed by atoms with E-state index >= 15 is 0 Å². The molecule has 5 nitrogen and oxygen atoms in total. The molecule has 0 N–H and O–H groups in total. The molecule has 1 aromatic carbocycles. The molecule has 0 aromatic heterocycles. The summed E-state index contributed by atoms with van der Waals surface area (Å²) in [6.07, 6.45) is 0.749. The first-order valence-electron chi connectivity index (χ1n) is 3.84. The highest BCUT2D eigenvalue weighted by molar-refractivity contribution is 7.86. The minimum absolute atomic E-state index is 0.431. The Hall–Kier alpha value is -0.570. The molecule has 0 aliphatic carbocycles. The normalized spacial score (nSPS) is 12.5. The van der Waals surface area contributed by atoms with Gasteiger partial charge in [0.25, 0.3) is 0 Å². The lowest BCUT2D eigenvalue weighted by molar-refractivity contribution is 0.493. The molecule has 0 fully saturated rings. The van der Waals surface area contributed by atoms with Gasteiger partial charge in [0.1, 0.15) is 4.90 Å². The predicted molar refractivity (Wildman–Crippen MR) is 60.2 cm³/mol. The second-order valence-electron chi connectivity index (χ2n) is 2.94. The average molecular weight is 323 g/mol. The van der Waals surface area contributed by atoms with Crippen LogP contribution in [0.4, 0.5) is 3.89 Å². The van der Waals surface area contributed by atoms with Crippen LogP contribution in [0, 0.1) is 0 Å². The van der Waals surface area contributed by atoms with Crippen molar-refractivity contribution in [3.8, 4) is 5.75 Å². The number of hydrogen-bond donors (Lipinski definition) is 0. The van der Waals surface area contributed by atoms with Crippen LogP contribution in [-0.2, 0) is 20.3 Å². The van der Waals surface area contributed by atoms with Gasteiger partial charge in [-0.1, -0.05) is 23.2 Å². The molecule has 0 aliphatic rings. The summed E-state index contributed by atoms with van der Waals surface area (Å²) in [5, 5.41) is -0.863. The molecule has 10 heteroatoms. The van der Waals surface area contributed by atoms with Gasteiger partial charge in [-0.05, 0) is 12.1 Å². The van der Waals surface area contributed by atoms with Crippen LogP contribution in [0.15, 0.2) is 17.0 Å². The lowest BCUT2D eigenvalue weighted by atomic mass is 10.3. The summed E-state index contributed by atoms with van der Waals surface area (Å²) in [6, 6.07) is 1.40. The second-order valence-corrected chi connectivity index (χ2v) is 6.68. The van der Waals surface area contributed by atoms with Crippen molar-refractivity contribution in [1.29, 1.82) is 0 Å². The molecule has 1 rings (SSSR count). The number of benzene rings is 1. The third-order valence-electron chi connectivity index (χ3n) is 1.49. The fourth-order valence-corrected chi connectivity index (χ4v) is 2.69. The fourth-order valence-electron chi connectivity index (χ4n) is 0.908. The van der Waals surface area contributed by atoms with Crippen LogP contribution in [0.1, 0.15) is 0 Å². The highest BCUT2D eigenvalue weighted by Gasteiger charge is 2.20. The second kappa shape index (κ2) is 4.60. The van der Waals surface area contributed by atoms with E-state index in [0.717, 1.165) is 6.26 Å². The van der Waals surface area contributed by atoms with Crippen molar-refractivity contribution in [2.24, 2.45) is 0 Å². The molecule has 0 heterocycles. The van der Waals surface area contributed by atoms with Crippen molar-refractivity contribution in [1.82, 2.24) is 0 Å². The molecular formula is C7H5Cl2FO5S2. The summed E-state index contributed by atoms with van der Waals surface area (Å²) in [5.41, 5.74) is 0. The summed E-state index contributed by atoms with van der Waals surface area (Å²) >= 11 is 11.1. The van der Waals surface area contributed by atoms with Gasteiger partial charge in [0.15, 0.2) is 5.75 Å². The highest BCUT2D eigenvalue weighted by Crippen LogP contribution is 2.36. The van der Waals surface area contributed by atoms with E-state index in [1.165, 1.54) is 0 Å². The number of halogens is 3. The molecule has 0 saturated heterocycles. The Labute approximate surface area is 107 Å². The Morgan fingerprint density at radius 1 is 1.12 bits per heavy atom. The van der Waals surface area contributed by atoms with Gasteiger partial charge in [0.2, 0.25) is 0 Å². The summed E-state index contributed by atoms with van der Waals surface area (Å²) in [7, 11) is -8.86. The Bertz CT molecular complexity index is 630. The summed E-state index contributed by atoms with van der Waals surface area (Å²) in [5.74, 6) is -0.455. The zero-order chi connectivity index (χ0) is 13.4. The molecular weight excluding hydrogens is 318 g/mol. The van der Waals surface area contributed by atoms with E-state index < -0.39 is 41.0 Å². The average Bonchev–Trinajstić information content (AvgIpc) is 2.07. The molecule has 0 unspecified atom stereocenters. The van der Waals surface area contributed by atoms with Crippen LogP contribution in [0.5, 0.6) is 5.75 Å². The van der Waals surface area contributed by atoms with Crippen molar-refractivity contribution < 1.29 is 24.9 Å². The van der Waals surface area contributed by atoms with Gasteiger partial charge >= 0.3 is 20.3 Å². The van der Waals surface area contributed by atoms with E-state index in [1.54, 1.807) is 0 Å². The van der Waals surface area contributed by atoms with Gasteiger partial charge in [-0.3, -0.25) is 0 Å². The maximum absolute atomic E-state index is 12.6. The SMILES string of the molecule is CS(=O)(=O)Oc1c(Cl)cc(S(=O)(=O)F)cc1Cl. The van der Waals surface area contributed by atoms with E-state index in [4.69, 9.17) is 23.2 Å². The minimum atomic E-state index is -4.98. The monoisotopic (exact) mass is 322 g/mol. The van der Waals surface area contributed by atoms with Crippen LogP contribution in [-0.4, -0.2) is 23.1 Å². The molecule has 0 radical (unpaired) electrons. The quantitative estimate of drug-likeness (QED) is 0.628. The summed E-state index contributed by atoms with van der Waals surface area (Å²) in [6.45, 7) is 0. The van der Waals surface area contributed by atoms with Gasteiger partial charge in [-0.25, -0.2) is 0 Å². The Kier molecular flexibility index (Phi) is 3.92. The van der Waals surface area contributed by atoms with E-state index in [2.05, 4.69) is 4.18 Å². The van der Waals surface area contributed by atoms with Crippen molar-refractivity contribution in [2.75, 3.05) is 6.26 Å².